The van der Waals surface area contributed by atoms with Crippen molar-refractivity contribution in [1.82, 2.24) is 19.6 Å². The first-order valence-electron chi connectivity index (χ1n) is 20.6. The number of hydrogen-bond acceptors (Lipinski definition) is 6. The number of nitrogens with one attached hydrogen (secondary N) is 2. The Bertz CT molecular complexity index is 1900. The zero-order chi connectivity index (χ0) is 39.8. The van der Waals surface area contributed by atoms with Crippen molar-refractivity contribution in [2.75, 3.05) is 63.0 Å². The molecule has 3 aromatic carbocycles. The number of amides is 6. The van der Waals surface area contributed by atoms with Crippen LogP contribution in [0, 0.1) is 11.8 Å². The Balaban J connectivity index is 0.000000174. The van der Waals surface area contributed by atoms with Gasteiger partial charge in [-0.15, -0.1) is 8.78 Å². The Morgan fingerprint density at radius 3 is 1.56 bits per heavy atom. The highest BCUT2D eigenvalue weighted by Gasteiger charge is 2.43. The van der Waals surface area contributed by atoms with Gasteiger partial charge in [0.1, 0.15) is 0 Å². The van der Waals surface area contributed by atoms with E-state index in [0.29, 0.717) is 82.6 Å². The molecule has 5 aliphatic rings. The third-order valence-corrected chi connectivity index (χ3v) is 11.8. The van der Waals surface area contributed by atoms with Gasteiger partial charge in [0, 0.05) is 82.6 Å². The lowest BCUT2D eigenvalue weighted by Gasteiger charge is -2.23. The van der Waals surface area contributed by atoms with Gasteiger partial charge >= 0.3 is 18.4 Å². The van der Waals surface area contributed by atoms with E-state index in [9.17, 15) is 28.0 Å². The Labute approximate surface area is 332 Å². The van der Waals surface area contributed by atoms with E-state index < -0.39 is 6.29 Å². The summed E-state index contributed by atoms with van der Waals surface area (Å²) in [6.45, 7) is 4.79. The van der Waals surface area contributed by atoms with E-state index in [1.165, 1.54) is 56.7 Å². The maximum absolute atomic E-state index is 13.1. The molecule has 4 fully saturated rings. The van der Waals surface area contributed by atoms with E-state index in [2.05, 4.69) is 26.2 Å². The van der Waals surface area contributed by atoms with Crippen molar-refractivity contribution in [3.05, 3.63) is 60.7 Å². The lowest BCUT2D eigenvalue weighted by atomic mass is 10.0. The molecule has 306 valence electrons. The van der Waals surface area contributed by atoms with Gasteiger partial charge in [-0.3, -0.25) is 9.59 Å². The van der Waals surface area contributed by atoms with Gasteiger partial charge in [-0.05, 0) is 85.4 Å². The Morgan fingerprint density at radius 2 is 1.00 bits per heavy atom. The predicted octanol–water partition coefficient (Wildman–Crippen LogP) is 8.14. The first-order chi connectivity index (χ1) is 27.6. The van der Waals surface area contributed by atoms with Gasteiger partial charge in [-0.2, -0.15) is 0 Å². The van der Waals surface area contributed by atoms with Crippen LogP contribution in [-0.4, -0.2) is 102 Å². The van der Waals surface area contributed by atoms with Gasteiger partial charge in [-0.1, -0.05) is 56.0 Å². The molecule has 6 amide bonds. The normalized spacial score (nSPS) is 19.8. The first-order valence-corrected chi connectivity index (χ1v) is 20.6. The lowest BCUT2D eigenvalue weighted by molar-refractivity contribution is -0.286. The number of urea groups is 2. The molecule has 0 bridgehead atoms. The average molecular weight is 789 g/mol. The highest BCUT2D eigenvalue weighted by atomic mass is 19.3. The number of hydrogen-bond donors (Lipinski definition) is 2. The minimum absolute atomic E-state index is 0.0702. The number of rotatable bonds is 6. The summed E-state index contributed by atoms with van der Waals surface area (Å²) in [6.07, 6.45) is 8.75. The van der Waals surface area contributed by atoms with Crippen LogP contribution in [0.2, 0.25) is 0 Å². The molecule has 2 N–H and O–H groups in total. The fourth-order valence-electron chi connectivity index (χ4n) is 8.62. The number of ether oxygens (including phenoxy) is 2. The first kappa shape index (κ1) is 40.1. The summed E-state index contributed by atoms with van der Waals surface area (Å²) in [6, 6.07) is 17.8. The minimum Gasteiger partial charge on any atom is -0.395 e. The SMILES string of the molecule is O=C(CC1CCCC1)N1CCCN(C(=O)Nc2ccc3c(c2)OC(F)(F)O3)CC1.O=C(CC1CCCC1)N1CCCN(C(=O)Nc2ccc3ccccc3c2)CC1. The van der Waals surface area contributed by atoms with E-state index in [1.807, 2.05) is 51.1 Å². The lowest BCUT2D eigenvalue weighted by Crippen LogP contribution is -2.39. The van der Waals surface area contributed by atoms with E-state index >= 15 is 0 Å². The van der Waals surface area contributed by atoms with E-state index in [0.717, 1.165) is 42.3 Å². The fourth-order valence-corrected chi connectivity index (χ4v) is 8.62. The minimum atomic E-state index is -3.69. The Kier molecular flexibility index (Phi) is 12.9. The van der Waals surface area contributed by atoms with Crippen LogP contribution in [0.15, 0.2) is 60.7 Å². The maximum atomic E-state index is 13.1. The van der Waals surface area contributed by atoms with Crippen molar-refractivity contribution in [1.29, 1.82) is 0 Å². The summed E-state index contributed by atoms with van der Waals surface area (Å²) in [4.78, 5) is 57.8. The van der Waals surface area contributed by atoms with Crippen molar-refractivity contribution in [3.8, 4) is 11.5 Å². The van der Waals surface area contributed by atoms with Crippen LogP contribution in [-0.2, 0) is 9.59 Å². The van der Waals surface area contributed by atoms with Crippen LogP contribution >= 0.6 is 0 Å². The van der Waals surface area contributed by atoms with Gasteiger partial charge in [0.05, 0.1) is 0 Å². The van der Waals surface area contributed by atoms with Gasteiger partial charge in [0.2, 0.25) is 11.8 Å². The molecule has 0 atom stereocenters. The van der Waals surface area contributed by atoms with Crippen molar-refractivity contribution < 1.29 is 37.4 Å². The second kappa shape index (κ2) is 18.4. The number of alkyl halides is 2. The number of nitrogens with zero attached hydrogens (tertiary/aromatic N) is 4. The number of carbonyl (C=O) groups is 4. The van der Waals surface area contributed by atoms with Crippen molar-refractivity contribution in [2.24, 2.45) is 11.8 Å². The summed E-state index contributed by atoms with van der Waals surface area (Å²) in [5.74, 6) is 1.33. The molecule has 2 aliphatic carbocycles. The fraction of sp³-hybridized carbons (Fsp3) is 0.535. The molecule has 3 aliphatic heterocycles. The number of benzene rings is 3. The van der Waals surface area contributed by atoms with E-state index in [4.69, 9.17) is 0 Å². The predicted molar refractivity (Wildman–Crippen MR) is 213 cm³/mol. The molecular formula is C43H54F2N6O6. The topological polar surface area (TPSA) is 124 Å². The molecular weight excluding hydrogens is 735 g/mol. The largest absolute Gasteiger partial charge is 0.586 e. The summed E-state index contributed by atoms with van der Waals surface area (Å²) in [5.41, 5.74) is 1.15. The van der Waals surface area contributed by atoms with Crippen LogP contribution < -0.4 is 20.1 Å². The second-order valence-corrected chi connectivity index (χ2v) is 15.9. The molecule has 12 nitrogen and oxygen atoms in total. The summed E-state index contributed by atoms with van der Waals surface area (Å²) in [7, 11) is 0. The molecule has 57 heavy (non-hydrogen) atoms. The van der Waals surface area contributed by atoms with Crippen LogP contribution in [0.1, 0.15) is 77.0 Å². The van der Waals surface area contributed by atoms with Crippen LogP contribution in [0.3, 0.4) is 0 Å². The molecule has 14 heteroatoms. The van der Waals surface area contributed by atoms with Crippen molar-refractivity contribution in [3.63, 3.8) is 0 Å². The quantitative estimate of drug-likeness (QED) is 0.260. The Morgan fingerprint density at radius 1 is 0.544 bits per heavy atom. The summed E-state index contributed by atoms with van der Waals surface area (Å²) >= 11 is 0. The zero-order valence-corrected chi connectivity index (χ0v) is 32.6. The zero-order valence-electron chi connectivity index (χ0n) is 32.6. The number of anilines is 2. The van der Waals surface area contributed by atoms with Crippen molar-refractivity contribution in [2.45, 2.75) is 83.3 Å². The van der Waals surface area contributed by atoms with Crippen LogP contribution in [0.4, 0.5) is 29.7 Å². The molecule has 0 aromatic heterocycles. The van der Waals surface area contributed by atoms with E-state index in [-0.39, 0.29) is 35.4 Å². The smallest absolute Gasteiger partial charge is 0.395 e. The van der Waals surface area contributed by atoms with Crippen LogP contribution in [0.25, 0.3) is 10.8 Å². The van der Waals surface area contributed by atoms with Gasteiger partial charge in [-0.25, -0.2) is 9.59 Å². The highest BCUT2D eigenvalue weighted by Crippen LogP contribution is 2.42. The molecule has 0 radical (unpaired) electrons. The standard InChI is InChI=1S/C23H29N3O2.C20H25F2N3O4/c27-22(16-18-6-1-2-7-18)25-12-5-13-26(15-14-25)23(28)24-21-11-10-19-8-3-4-9-20(19)17-21;21-20(22)28-16-7-6-15(13-17(16)29-20)23-19(27)25-9-3-8-24(10-11-25)18(26)12-14-4-1-2-5-14/h3-4,8-11,17-18H,1-2,5-7,12-16H2,(H,24,28);6-7,13-14H,1-5,8-12H2,(H,23,27). The third-order valence-electron chi connectivity index (χ3n) is 11.8. The number of fused-ring (bicyclic) bond motifs is 2. The summed E-state index contributed by atoms with van der Waals surface area (Å²) < 4.78 is 35.0. The van der Waals surface area contributed by atoms with Gasteiger partial charge in [0.15, 0.2) is 11.5 Å². The molecule has 2 saturated carbocycles. The molecule has 0 unspecified atom stereocenters. The van der Waals surface area contributed by atoms with Crippen LogP contribution in [0.5, 0.6) is 11.5 Å². The molecule has 3 aromatic rings. The average Bonchev–Trinajstić information content (AvgIpc) is 3.87. The molecule has 8 rings (SSSR count). The highest BCUT2D eigenvalue weighted by molar-refractivity contribution is 5.93. The summed E-state index contributed by atoms with van der Waals surface area (Å²) in [5, 5.41) is 7.99. The Hall–Kier alpha value is -5.14. The number of carbonyl (C=O) groups excluding carboxylic acids is 4. The second-order valence-electron chi connectivity index (χ2n) is 15.9. The van der Waals surface area contributed by atoms with Crippen molar-refractivity contribution >= 4 is 46.0 Å². The molecule has 3 heterocycles. The number of halogens is 2. The monoisotopic (exact) mass is 788 g/mol. The van der Waals surface area contributed by atoms with Gasteiger partial charge < -0.3 is 39.7 Å². The molecule has 0 spiro atoms. The molecule has 2 saturated heterocycles. The maximum Gasteiger partial charge on any atom is 0.586 e. The van der Waals surface area contributed by atoms with E-state index in [1.54, 1.807) is 4.90 Å². The van der Waals surface area contributed by atoms with Gasteiger partial charge in [0.25, 0.3) is 0 Å². The third kappa shape index (κ3) is 10.8.